The van der Waals surface area contributed by atoms with E-state index in [0.717, 1.165) is 36.9 Å². The van der Waals surface area contributed by atoms with Gasteiger partial charge in [-0.2, -0.15) is 5.26 Å². The number of aryl methyl sites for hydroxylation is 2. The molecule has 1 aromatic heterocycles. The van der Waals surface area contributed by atoms with Gasteiger partial charge in [-0.05, 0) is 55.5 Å². The van der Waals surface area contributed by atoms with Crippen LogP contribution >= 0.6 is 27.7 Å². The highest BCUT2D eigenvalue weighted by atomic mass is 79.9. The summed E-state index contributed by atoms with van der Waals surface area (Å²) in [7, 11) is 0. The molecule has 0 atom stereocenters. The number of carbonyl (C=O) groups is 1. The Morgan fingerprint density at radius 2 is 2.16 bits per heavy atom. The average Bonchev–Trinajstić information content (AvgIpc) is 2.61. The SMILES string of the molecule is N#Cc1cc2c(nc1SCC(=O)Nc1ccc(Br)cc1F)CCCC2. The normalized spacial score (nSPS) is 13.0. The number of nitrogens with one attached hydrogen (secondary N) is 1. The standard InChI is InChI=1S/C18H15BrFN3OS/c19-13-5-6-16(14(20)8-13)22-17(24)10-25-18-12(9-21)7-11-3-1-2-4-15(11)23-18/h5-8H,1-4,10H2,(H,22,24). The Labute approximate surface area is 158 Å². The second kappa shape index (κ2) is 7.98. The molecule has 1 N–H and O–H groups in total. The van der Waals surface area contributed by atoms with Crippen molar-refractivity contribution in [3.05, 3.63) is 51.4 Å². The second-order valence-electron chi connectivity index (χ2n) is 5.73. The Balaban J connectivity index is 1.68. The van der Waals surface area contributed by atoms with Crippen LogP contribution in [0.1, 0.15) is 29.7 Å². The van der Waals surface area contributed by atoms with Crippen molar-refractivity contribution in [2.24, 2.45) is 0 Å². The van der Waals surface area contributed by atoms with Gasteiger partial charge in [-0.15, -0.1) is 0 Å². The largest absolute Gasteiger partial charge is 0.323 e. The molecule has 4 nitrogen and oxygen atoms in total. The van der Waals surface area contributed by atoms with Crippen LogP contribution in [0.5, 0.6) is 0 Å². The first-order chi connectivity index (χ1) is 12.1. The zero-order chi connectivity index (χ0) is 17.8. The Bertz CT molecular complexity index is 866. The summed E-state index contributed by atoms with van der Waals surface area (Å²) in [5.74, 6) is -0.775. The van der Waals surface area contributed by atoms with Crippen molar-refractivity contribution in [3.8, 4) is 6.07 Å². The number of rotatable bonds is 4. The molecule has 1 amide bonds. The molecule has 0 fully saturated rings. The monoisotopic (exact) mass is 419 g/mol. The number of aromatic nitrogens is 1. The van der Waals surface area contributed by atoms with Crippen LogP contribution < -0.4 is 5.32 Å². The predicted molar refractivity (Wildman–Crippen MR) is 99.0 cm³/mol. The van der Waals surface area contributed by atoms with E-state index < -0.39 is 5.82 Å². The molecule has 0 bridgehead atoms. The van der Waals surface area contributed by atoms with Crippen LogP contribution in [-0.2, 0) is 17.6 Å². The highest BCUT2D eigenvalue weighted by molar-refractivity contribution is 9.10. The first-order valence-electron chi connectivity index (χ1n) is 7.87. The lowest BCUT2D eigenvalue weighted by molar-refractivity contribution is -0.113. The molecule has 1 heterocycles. The molecule has 0 spiro atoms. The van der Waals surface area contributed by atoms with Crippen LogP contribution in [0, 0.1) is 17.1 Å². The number of pyridine rings is 1. The highest BCUT2D eigenvalue weighted by Gasteiger charge is 2.16. The van der Waals surface area contributed by atoms with Crippen molar-refractivity contribution >= 4 is 39.3 Å². The minimum atomic E-state index is -0.502. The molecule has 0 saturated heterocycles. The van der Waals surface area contributed by atoms with Crippen molar-refractivity contribution in [1.29, 1.82) is 5.26 Å². The van der Waals surface area contributed by atoms with E-state index in [1.165, 1.54) is 23.9 Å². The van der Waals surface area contributed by atoms with Gasteiger partial charge in [0.05, 0.1) is 17.0 Å². The van der Waals surface area contributed by atoms with E-state index >= 15 is 0 Å². The fourth-order valence-electron chi connectivity index (χ4n) is 2.72. The molecule has 1 aromatic carbocycles. The summed E-state index contributed by atoms with van der Waals surface area (Å²) in [6, 6.07) is 8.49. The minimum Gasteiger partial charge on any atom is -0.323 e. The summed E-state index contributed by atoms with van der Waals surface area (Å²) in [5.41, 5.74) is 2.78. The Hall–Kier alpha value is -1.91. The van der Waals surface area contributed by atoms with Gasteiger partial charge < -0.3 is 5.32 Å². The summed E-state index contributed by atoms with van der Waals surface area (Å²) >= 11 is 4.38. The molecule has 7 heteroatoms. The fourth-order valence-corrected chi connectivity index (χ4v) is 3.82. The molecule has 1 aliphatic carbocycles. The molecular formula is C18H15BrFN3OS. The number of fused-ring (bicyclic) bond motifs is 1. The molecule has 0 radical (unpaired) electrons. The van der Waals surface area contributed by atoms with Crippen molar-refractivity contribution in [2.45, 2.75) is 30.7 Å². The maximum atomic E-state index is 13.8. The van der Waals surface area contributed by atoms with E-state index in [1.807, 2.05) is 6.07 Å². The Morgan fingerprint density at radius 1 is 1.36 bits per heavy atom. The first-order valence-corrected chi connectivity index (χ1v) is 9.65. The number of halogens is 2. The van der Waals surface area contributed by atoms with Gasteiger partial charge in [0, 0.05) is 10.2 Å². The third-order valence-electron chi connectivity index (χ3n) is 3.93. The van der Waals surface area contributed by atoms with E-state index in [2.05, 4.69) is 32.3 Å². The van der Waals surface area contributed by atoms with Gasteiger partial charge in [0.15, 0.2) is 0 Å². The minimum absolute atomic E-state index is 0.0654. The van der Waals surface area contributed by atoms with Crippen molar-refractivity contribution in [1.82, 2.24) is 4.98 Å². The van der Waals surface area contributed by atoms with Crippen LogP contribution in [0.3, 0.4) is 0 Å². The van der Waals surface area contributed by atoms with Gasteiger partial charge in [0.25, 0.3) is 0 Å². The van der Waals surface area contributed by atoms with E-state index in [4.69, 9.17) is 0 Å². The van der Waals surface area contributed by atoms with Crippen LogP contribution in [0.4, 0.5) is 10.1 Å². The lowest BCUT2D eigenvalue weighted by atomic mass is 9.95. The lowest BCUT2D eigenvalue weighted by Gasteiger charge is -2.16. The van der Waals surface area contributed by atoms with E-state index in [9.17, 15) is 14.4 Å². The zero-order valence-electron chi connectivity index (χ0n) is 13.3. The molecule has 0 aliphatic heterocycles. The number of carbonyl (C=O) groups excluding carboxylic acids is 1. The van der Waals surface area contributed by atoms with Gasteiger partial charge >= 0.3 is 0 Å². The zero-order valence-corrected chi connectivity index (χ0v) is 15.7. The molecule has 0 unspecified atom stereocenters. The Kier molecular flexibility index (Phi) is 5.71. The molecule has 3 rings (SSSR count). The van der Waals surface area contributed by atoms with E-state index in [1.54, 1.807) is 6.07 Å². The van der Waals surface area contributed by atoms with Crippen molar-refractivity contribution in [2.75, 3.05) is 11.1 Å². The van der Waals surface area contributed by atoms with Gasteiger partial charge in [-0.25, -0.2) is 9.37 Å². The quantitative estimate of drug-likeness (QED) is 0.742. The van der Waals surface area contributed by atoms with Crippen LogP contribution in [0.25, 0.3) is 0 Å². The summed E-state index contributed by atoms with van der Waals surface area (Å²) < 4.78 is 14.4. The Morgan fingerprint density at radius 3 is 2.92 bits per heavy atom. The van der Waals surface area contributed by atoms with Gasteiger partial charge in [0.2, 0.25) is 5.91 Å². The van der Waals surface area contributed by atoms with Crippen molar-refractivity contribution < 1.29 is 9.18 Å². The van der Waals surface area contributed by atoms with E-state index in [-0.39, 0.29) is 17.3 Å². The van der Waals surface area contributed by atoms with Crippen LogP contribution in [-0.4, -0.2) is 16.6 Å². The second-order valence-corrected chi connectivity index (χ2v) is 7.61. The number of benzene rings is 1. The molecule has 25 heavy (non-hydrogen) atoms. The van der Waals surface area contributed by atoms with Crippen LogP contribution in [0.2, 0.25) is 0 Å². The number of anilines is 1. The van der Waals surface area contributed by atoms with Gasteiger partial charge in [0.1, 0.15) is 16.9 Å². The summed E-state index contributed by atoms with van der Waals surface area (Å²) in [5, 5.41) is 12.4. The third kappa shape index (κ3) is 4.39. The van der Waals surface area contributed by atoms with Crippen molar-refractivity contribution in [3.63, 3.8) is 0 Å². The number of amides is 1. The molecule has 1 aliphatic rings. The van der Waals surface area contributed by atoms with Crippen LogP contribution in [0.15, 0.2) is 33.8 Å². The maximum Gasteiger partial charge on any atom is 0.234 e. The average molecular weight is 420 g/mol. The topological polar surface area (TPSA) is 65.8 Å². The molecule has 2 aromatic rings. The number of nitriles is 1. The molecule has 128 valence electrons. The summed E-state index contributed by atoms with van der Waals surface area (Å²) in [4.78, 5) is 16.7. The third-order valence-corrected chi connectivity index (χ3v) is 5.42. The maximum absolute atomic E-state index is 13.8. The van der Waals surface area contributed by atoms with Gasteiger partial charge in [-0.1, -0.05) is 27.7 Å². The number of hydrogen-bond acceptors (Lipinski definition) is 4. The fraction of sp³-hybridized carbons (Fsp3) is 0.278. The summed E-state index contributed by atoms with van der Waals surface area (Å²) in [6.45, 7) is 0. The smallest absolute Gasteiger partial charge is 0.234 e. The predicted octanol–water partition coefficient (Wildman–Crippen LogP) is 4.46. The summed E-state index contributed by atoms with van der Waals surface area (Å²) in [6.07, 6.45) is 4.07. The number of nitrogens with zero attached hydrogens (tertiary/aromatic N) is 2. The highest BCUT2D eigenvalue weighted by Crippen LogP contribution is 2.27. The van der Waals surface area contributed by atoms with Gasteiger partial charge in [-0.3, -0.25) is 4.79 Å². The molecule has 0 saturated carbocycles. The number of hydrogen-bond donors (Lipinski definition) is 1. The van der Waals surface area contributed by atoms with E-state index in [0.29, 0.717) is 15.1 Å². The number of thioether (sulfide) groups is 1. The first kappa shape index (κ1) is 17.9. The lowest BCUT2D eigenvalue weighted by Crippen LogP contribution is -2.15. The molecular weight excluding hydrogens is 405 g/mol.